The van der Waals surface area contributed by atoms with Gasteiger partial charge in [0.15, 0.2) is 0 Å². The molecule has 0 bridgehead atoms. The summed E-state index contributed by atoms with van der Waals surface area (Å²) in [7, 11) is -3.22. The van der Waals surface area contributed by atoms with Gasteiger partial charge < -0.3 is 5.73 Å². The summed E-state index contributed by atoms with van der Waals surface area (Å²) < 4.78 is 21.0. The van der Waals surface area contributed by atoms with Gasteiger partial charge in [-0.1, -0.05) is 46.0 Å². The largest absolute Gasteiger partial charge is 0.330 e. The van der Waals surface area contributed by atoms with Gasteiger partial charge in [0.25, 0.3) is 0 Å². The van der Waals surface area contributed by atoms with Crippen LogP contribution in [0.5, 0.6) is 0 Å². The Bertz CT molecular complexity index is 214. The van der Waals surface area contributed by atoms with Crippen molar-refractivity contribution in [3.05, 3.63) is 0 Å². The summed E-state index contributed by atoms with van der Waals surface area (Å²) in [6, 6.07) is 0. The van der Waals surface area contributed by atoms with Crippen molar-refractivity contribution in [1.82, 2.24) is 0 Å². The van der Waals surface area contributed by atoms with Gasteiger partial charge in [0.1, 0.15) is 0 Å². The molecule has 0 aliphatic rings. The Kier molecular flexibility index (Phi) is 14.7. The van der Waals surface area contributed by atoms with Gasteiger partial charge in [0.2, 0.25) is 10.0 Å². The van der Waals surface area contributed by atoms with Crippen LogP contribution in [0.3, 0.4) is 0 Å². The Morgan fingerprint density at radius 2 is 1.31 bits per heavy atom. The smallest absolute Gasteiger partial charge is 0.209 e. The van der Waals surface area contributed by atoms with E-state index in [1.54, 1.807) is 0 Å². The summed E-state index contributed by atoms with van der Waals surface area (Å²) >= 11 is 0. The zero-order chi connectivity index (χ0) is 12.9. The molecule has 100 valence electrons. The van der Waals surface area contributed by atoms with Gasteiger partial charge in [-0.05, 0) is 19.4 Å². The van der Waals surface area contributed by atoms with Crippen molar-refractivity contribution in [3.63, 3.8) is 0 Å². The maximum atomic E-state index is 10.5. The van der Waals surface area contributed by atoms with Gasteiger partial charge in [-0.25, -0.2) is 13.6 Å². The first kappa shape index (κ1) is 18.2. The van der Waals surface area contributed by atoms with Gasteiger partial charge in [0, 0.05) is 0 Å². The lowest BCUT2D eigenvalue weighted by Gasteiger charge is -1.98. The predicted molar refractivity (Wildman–Crippen MR) is 70.7 cm³/mol. The molecule has 0 aliphatic carbocycles. The molecular formula is C11H28N2O2S. The van der Waals surface area contributed by atoms with Gasteiger partial charge in [0.05, 0.1) is 5.75 Å². The van der Waals surface area contributed by atoms with Crippen molar-refractivity contribution >= 4 is 10.0 Å². The summed E-state index contributed by atoms with van der Waals surface area (Å²) in [6.07, 6.45) is 7.59. The van der Waals surface area contributed by atoms with E-state index in [0.717, 1.165) is 25.8 Å². The molecule has 5 heteroatoms. The predicted octanol–water partition coefficient (Wildman–Crippen LogP) is 1.99. The highest BCUT2D eigenvalue weighted by Gasteiger charge is 2.00. The van der Waals surface area contributed by atoms with E-state index in [1.165, 1.54) is 19.3 Å². The molecule has 0 aliphatic heterocycles. The Morgan fingerprint density at radius 3 is 1.69 bits per heavy atom. The summed E-state index contributed by atoms with van der Waals surface area (Å²) in [6.45, 7) is 5.03. The minimum absolute atomic E-state index is 0.138. The standard InChI is InChI=1S/C8H19NO2S.C3H9N/c1-2-3-4-5-6-7-8-12(9,10)11;1-2-3-4/h2-8H2,1H3,(H2,9,10,11);2-4H2,1H3. The van der Waals surface area contributed by atoms with E-state index in [4.69, 9.17) is 10.9 Å². The summed E-state index contributed by atoms with van der Waals surface area (Å²) in [4.78, 5) is 0. The van der Waals surface area contributed by atoms with Crippen LogP contribution in [0.15, 0.2) is 0 Å². The molecule has 0 saturated heterocycles. The Morgan fingerprint density at radius 1 is 0.875 bits per heavy atom. The number of hydrogen-bond donors (Lipinski definition) is 2. The Labute approximate surface area is 101 Å². The number of rotatable bonds is 8. The van der Waals surface area contributed by atoms with Gasteiger partial charge in [-0.2, -0.15) is 0 Å². The topological polar surface area (TPSA) is 86.2 Å². The van der Waals surface area contributed by atoms with E-state index in [-0.39, 0.29) is 5.75 Å². The van der Waals surface area contributed by atoms with Gasteiger partial charge >= 0.3 is 0 Å². The molecule has 0 atom stereocenters. The normalized spacial score (nSPS) is 10.8. The third kappa shape index (κ3) is 23.6. The fraction of sp³-hybridized carbons (Fsp3) is 1.00. The van der Waals surface area contributed by atoms with Crippen molar-refractivity contribution in [2.24, 2.45) is 10.9 Å². The van der Waals surface area contributed by atoms with E-state index < -0.39 is 10.0 Å². The molecule has 0 unspecified atom stereocenters. The number of sulfonamides is 1. The highest BCUT2D eigenvalue weighted by molar-refractivity contribution is 7.89. The first-order valence-corrected chi connectivity index (χ1v) is 7.90. The van der Waals surface area contributed by atoms with Crippen LogP contribution in [0, 0.1) is 0 Å². The molecule has 0 spiro atoms. The molecule has 0 radical (unpaired) electrons. The minimum atomic E-state index is -3.22. The number of primary sulfonamides is 1. The molecule has 0 heterocycles. The van der Waals surface area contributed by atoms with Crippen LogP contribution in [0.25, 0.3) is 0 Å². The molecule has 0 aromatic rings. The number of hydrogen-bond acceptors (Lipinski definition) is 3. The monoisotopic (exact) mass is 252 g/mol. The fourth-order valence-corrected chi connectivity index (χ4v) is 1.69. The minimum Gasteiger partial charge on any atom is -0.330 e. The lowest BCUT2D eigenvalue weighted by Crippen LogP contribution is -2.16. The Hall–Kier alpha value is -0.130. The van der Waals surface area contributed by atoms with E-state index in [9.17, 15) is 8.42 Å². The van der Waals surface area contributed by atoms with E-state index in [1.807, 2.05) is 0 Å². The summed E-state index contributed by atoms with van der Waals surface area (Å²) in [5, 5.41) is 4.85. The lowest BCUT2D eigenvalue weighted by molar-refractivity contribution is 0.585. The maximum absolute atomic E-state index is 10.5. The first-order valence-electron chi connectivity index (χ1n) is 6.18. The van der Waals surface area contributed by atoms with Crippen molar-refractivity contribution in [3.8, 4) is 0 Å². The number of nitrogens with two attached hydrogens (primary N) is 2. The lowest BCUT2D eigenvalue weighted by atomic mass is 10.1. The number of unbranched alkanes of at least 4 members (excludes halogenated alkanes) is 5. The third-order valence-corrected chi connectivity index (χ3v) is 2.93. The molecule has 0 aromatic heterocycles. The average Bonchev–Trinajstić information content (AvgIpc) is 2.22. The summed E-state index contributed by atoms with van der Waals surface area (Å²) in [5.74, 6) is 0.138. The van der Waals surface area contributed by atoms with Crippen LogP contribution in [0.4, 0.5) is 0 Å². The Balaban J connectivity index is 0. The van der Waals surface area contributed by atoms with Crippen molar-refractivity contribution in [2.45, 2.75) is 58.8 Å². The molecule has 0 amide bonds. The second-order valence-corrected chi connectivity index (χ2v) is 5.66. The van der Waals surface area contributed by atoms with Crippen LogP contribution in [-0.2, 0) is 10.0 Å². The van der Waals surface area contributed by atoms with E-state index in [2.05, 4.69) is 13.8 Å². The summed E-state index contributed by atoms with van der Waals surface area (Å²) in [5.41, 5.74) is 5.03. The van der Waals surface area contributed by atoms with Crippen LogP contribution in [-0.4, -0.2) is 20.7 Å². The van der Waals surface area contributed by atoms with Crippen LogP contribution in [0.2, 0.25) is 0 Å². The molecule has 0 aromatic carbocycles. The maximum Gasteiger partial charge on any atom is 0.209 e. The molecule has 0 fully saturated rings. The second kappa shape index (κ2) is 12.9. The highest BCUT2D eigenvalue weighted by Crippen LogP contribution is 2.05. The van der Waals surface area contributed by atoms with Crippen LogP contribution < -0.4 is 10.9 Å². The van der Waals surface area contributed by atoms with Crippen LogP contribution >= 0.6 is 0 Å². The molecule has 4 N–H and O–H groups in total. The van der Waals surface area contributed by atoms with Gasteiger partial charge in [-0.3, -0.25) is 0 Å². The quantitative estimate of drug-likeness (QED) is 0.648. The molecule has 0 saturated carbocycles. The molecule has 16 heavy (non-hydrogen) atoms. The third-order valence-electron chi connectivity index (χ3n) is 2.07. The van der Waals surface area contributed by atoms with Crippen molar-refractivity contribution in [1.29, 1.82) is 0 Å². The average molecular weight is 252 g/mol. The zero-order valence-corrected chi connectivity index (χ0v) is 11.6. The molecular weight excluding hydrogens is 224 g/mol. The zero-order valence-electron chi connectivity index (χ0n) is 10.7. The second-order valence-electron chi connectivity index (χ2n) is 3.92. The SMILES string of the molecule is CCCCCCCCS(N)(=O)=O.CCCN. The van der Waals surface area contributed by atoms with E-state index in [0.29, 0.717) is 6.42 Å². The molecule has 4 nitrogen and oxygen atoms in total. The highest BCUT2D eigenvalue weighted by atomic mass is 32.2. The van der Waals surface area contributed by atoms with Crippen LogP contribution in [0.1, 0.15) is 58.8 Å². The first-order chi connectivity index (χ1) is 7.47. The van der Waals surface area contributed by atoms with Gasteiger partial charge in [-0.15, -0.1) is 0 Å². The molecule has 0 rings (SSSR count). The van der Waals surface area contributed by atoms with Crippen molar-refractivity contribution in [2.75, 3.05) is 12.3 Å². The fourth-order valence-electron chi connectivity index (χ4n) is 1.08. The van der Waals surface area contributed by atoms with Crippen molar-refractivity contribution < 1.29 is 8.42 Å². The van der Waals surface area contributed by atoms with E-state index >= 15 is 0 Å².